The van der Waals surface area contributed by atoms with Gasteiger partial charge in [-0.25, -0.2) is 8.42 Å². The lowest BCUT2D eigenvalue weighted by Gasteiger charge is -2.10. The van der Waals surface area contributed by atoms with Gasteiger partial charge in [-0.15, -0.1) is 0 Å². The van der Waals surface area contributed by atoms with Crippen LogP contribution in [0.1, 0.15) is 5.56 Å². The average Bonchev–Trinajstić information content (AvgIpc) is 2.43. The van der Waals surface area contributed by atoms with E-state index in [9.17, 15) is 18.5 Å². The predicted octanol–water partition coefficient (Wildman–Crippen LogP) is 3.84. The van der Waals surface area contributed by atoms with Crippen molar-refractivity contribution in [3.8, 4) is 0 Å². The maximum atomic E-state index is 12.2. The van der Waals surface area contributed by atoms with Gasteiger partial charge in [0.25, 0.3) is 5.69 Å². The summed E-state index contributed by atoms with van der Waals surface area (Å²) in [6.07, 6.45) is 0. The smallest absolute Gasteiger partial charge is 0.271 e. The Bertz CT molecular complexity index is 825. The Balaban J connectivity index is 2.27. The van der Waals surface area contributed by atoms with Gasteiger partial charge in [-0.05, 0) is 17.7 Å². The first-order valence-corrected chi connectivity index (χ1v) is 8.37. The number of benzene rings is 2. The number of non-ortho nitro benzene ring substituents is 1. The third kappa shape index (κ3) is 4.09. The molecule has 2 rings (SSSR count). The molecule has 0 atom stereocenters. The van der Waals surface area contributed by atoms with E-state index >= 15 is 0 Å². The highest BCUT2D eigenvalue weighted by Gasteiger charge is 2.17. The lowest BCUT2D eigenvalue weighted by Crippen LogP contribution is -2.15. The second-order valence-electron chi connectivity index (χ2n) is 4.37. The summed E-state index contributed by atoms with van der Waals surface area (Å²) in [5.74, 6) is -0.369. The first-order chi connectivity index (χ1) is 10.3. The van der Waals surface area contributed by atoms with Gasteiger partial charge in [0.1, 0.15) is 0 Å². The van der Waals surface area contributed by atoms with E-state index < -0.39 is 14.9 Å². The van der Waals surface area contributed by atoms with Crippen molar-refractivity contribution in [3.63, 3.8) is 0 Å². The monoisotopic (exact) mass is 360 g/mol. The third-order valence-electron chi connectivity index (χ3n) is 2.73. The molecule has 0 aromatic heterocycles. The van der Waals surface area contributed by atoms with Crippen LogP contribution in [-0.4, -0.2) is 13.3 Å². The summed E-state index contributed by atoms with van der Waals surface area (Å²) >= 11 is 11.8. The SMILES string of the molecule is O=[N+]([O-])c1ccc(Cl)c(NS(=O)(=O)Cc2ccccc2Cl)c1. The van der Waals surface area contributed by atoms with Crippen LogP contribution in [0.3, 0.4) is 0 Å². The lowest BCUT2D eigenvalue weighted by atomic mass is 10.2. The number of anilines is 1. The normalized spacial score (nSPS) is 11.2. The van der Waals surface area contributed by atoms with Crippen molar-refractivity contribution in [1.82, 2.24) is 0 Å². The molecule has 2 aromatic rings. The number of sulfonamides is 1. The van der Waals surface area contributed by atoms with Crippen LogP contribution in [0, 0.1) is 10.1 Å². The molecule has 0 aliphatic carbocycles. The highest BCUT2D eigenvalue weighted by Crippen LogP contribution is 2.28. The van der Waals surface area contributed by atoms with Crippen molar-refractivity contribution in [1.29, 1.82) is 0 Å². The van der Waals surface area contributed by atoms with Crippen LogP contribution in [-0.2, 0) is 15.8 Å². The van der Waals surface area contributed by atoms with E-state index in [1.54, 1.807) is 24.3 Å². The number of halogens is 2. The highest BCUT2D eigenvalue weighted by atomic mass is 35.5. The van der Waals surface area contributed by atoms with E-state index in [1.807, 2.05) is 0 Å². The fourth-order valence-electron chi connectivity index (χ4n) is 1.73. The molecule has 0 radical (unpaired) electrons. The van der Waals surface area contributed by atoms with Crippen LogP contribution in [0.15, 0.2) is 42.5 Å². The molecule has 0 bridgehead atoms. The average molecular weight is 361 g/mol. The Morgan fingerprint density at radius 3 is 2.41 bits per heavy atom. The van der Waals surface area contributed by atoms with Gasteiger partial charge in [0.2, 0.25) is 10.0 Å². The Morgan fingerprint density at radius 1 is 1.09 bits per heavy atom. The van der Waals surface area contributed by atoms with Gasteiger partial charge in [-0.2, -0.15) is 0 Å². The summed E-state index contributed by atoms with van der Waals surface area (Å²) in [6, 6.07) is 10.0. The van der Waals surface area contributed by atoms with Crippen LogP contribution in [0.2, 0.25) is 10.0 Å². The molecular weight excluding hydrogens is 351 g/mol. The maximum absolute atomic E-state index is 12.2. The summed E-state index contributed by atoms with van der Waals surface area (Å²) in [5.41, 5.74) is 0.0981. The van der Waals surface area contributed by atoms with Gasteiger partial charge in [0.15, 0.2) is 0 Å². The summed E-state index contributed by atoms with van der Waals surface area (Å²) in [6.45, 7) is 0. The van der Waals surface area contributed by atoms with Gasteiger partial charge >= 0.3 is 0 Å². The number of nitrogens with zero attached hydrogens (tertiary/aromatic N) is 1. The number of nitro groups is 1. The predicted molar refractivity (Wildman–Crippen MR) is 85.8 cm³/mol. The van der Waals surface area contributed by atoms with Crippen LogP contribution in [0.25, 0.3) is 0 Å². The van der Waals surface area contributed by atoms with Crippen LogP contribution in [0.5, 0.6) is 0 Å². The third-order valence-corrected chi connectivity index (χ3v) is 4.65. The van der Waals surface area contributed by atoms with E-state index in [0.29, 0.717) is 10.6 Å². The standard InChI is InChI=1S/C13H10Cl2N2O4S/c14-11-4-2-1-3-9(11)8-22(20,21)16-13-7-10(17(18)19)5-6-12(13)15/h1-7,16H,8H2. The van der Waals surface area contributed by atoms with Crippen molar-refractivity contribution in [2.24, 2.45) is 0 Å². The number of hydrogen-bond acceptors (Lipinski definition) is 4. The molecule has 0 spiro atoms. The molecule has 0 unspecified atom stereocenters. The fraction of sp³-hybridized carbons (Fsp3) is 0.0769. The zero-order valence-electron chi connectivity index (χ0n) is 11.0. The Morgan fingerprint density at radius 2 is 1.77 bits per heavy atom. The van der Waals surface area contributed by atoms with Gasteiger partial charge in [0.05, 0.1) is 21.4 Å². The first-order valence-electron chi connectivity index (χ1n) is 5.96. The van der Waals surface area contributed by atoms with E-state index in [4.69, 9.17) is 23.2 Å². The van der Waals surface area contributed by atoms with Crippen LogP contribution < -0.4 is 4.72 Å². The number of nitrogens with one attached hydrogen (secondary N) is 1. The molecule has 2 aromatic carbocycles. The largest absolute Gasteiger partial charge is 0.282 e. The molecule has 0 saturated carbocycles. The molecule has 1 N–H and O–H groups in total. The summed E-state index contributed by atoms with van der Waals surface area (Å²) in [5, 5.41) is 11.1. The second-order valence-corrected chi connectivity index (χ2v) is 6.91. The van der Waals surface area contributed by atoms with Gasteiger partial charge in [-0.3, -0.25) is 14.8 Å². The highest BCUT2D eigenvalue weighted by molar-refractivity contribution is 7.91. The summed E-state index contributed by atoms with van der Waals surface area (Å²) in [4.78, 5) is 10.1. The number of rotatable bonds is 5. The molecule has 116 valence electrons. The minimum absolute atomic E-state index is 0.0529. The minimum atomic E-state index is -3.82. The van der Waals surface area contributed by atoms with Crippen molar-refractivity contribution in [2.45, 2.75) is 5.75 Å². The molecule has 9 heteroatoms. The number of hydrogen-bond donors (Lipinski definition) is 1. The Hall–Kier alpha value is -1.83. The molecule has 0 heterocycles. The molecule has 22 heavy (non-hydrogen) atoms. The molecule has 0 saturated heterocycles. The molecule has 0 amide bonds. The van der Waals surface area contributed by atoms with E-state index in [1.165, 1.54) is 12.1 Å². The van der Waals surface area contributed by atoms with E-state index in [2.05, 4.69) is 4.72 Å². The van der Waals surface area contributed by atoms with Gasteiger partial charge in [0, 0.05) is 17.2 Å². The van der Waals surface area contributed by atoms with Crippen molar-refractivity contribution < 1.29 is 13.3 Å². The summed E-state index contributed by atoms with van der Waals surface area (Å²) < 4.78 is 26.5. The fourth-order valence-corrected chi connectivity index (χ4v) is 3.47. The van der Waals surface area contributed by atoms with Crippen molar-refractivity contribution in [3.05, 3.63) is 68.2 Å². The second kappa shape index (κ2) is 6.51. The van der Waals surface area contributed by atoms with Crippen molar-refractivity contribution >= 4 is 44.6 Å². The minimum Gasteiger partial charge on any atom is -0.282 e. The molecule has 0 aliphatic heterocycles. The van der Waals surface area contributed by atoms with Crippen LogP contribution in [0.4, 0.5) is 11.4 Å². The number of nitro benzene ring substituents is 1. The van der Waals surface area contributed by atoms with Crippen molar-refractivity contribution in [2.75, 3.05) is 4.72 Å². The zero-order valence-corrected chi connectivity index (χ0v) is 13.3. The van der Waals surface area contributed by atoms with Crippen LogP contribution >= 0.6 is 23.2 Å². The molecule has 6 nitrogen and oxygen atoms in total. The Labute approximate surface area is 136 Å². The van der Waals surface area contributed by atoms with E-state index in [0.717, 1.165) is 6.07 Å². The topological polar surface area (TPSA) is 89.3 Å². The van der Waals surface area contributed by atoms with Gasteiger partial charge in [-0.1, -0.05) is 41.4 Å². The lowest BCUT2D eigenvalue weighted by molar-refractivity contribution is -0.384. The molecule has 0 fully saturated rings. The van der Waals surface area contributed by atoms with E-state index in [-0.39, 0.29) is 22.2 Å². The Kier molecular flexibility index (Phi) is 4.90. The summed E-state index contributed by atoms with van der Waals surface area (Å²) in [7, 11) is -3.82. The zero-order chi connectivity index (χ0) is 16.3. The first kappa shape index (κ1) is 16.5. The van der Waals surface area contributed by atoms with Gasteiger partial charge < -0.3 is 0 Å². The molecular formula is C13H10Cl2N2O4S. The molecule has 0 aliphatic rings. The maximum Gasteiger partial charge on any atom is 0.271 e. The quantitative estimate of drug-likeness (QED) is 0.647.